The first kappa shape index (κ1) is 15.5. The topological polar surface area (TPSA) is 92.1 Å². The van der Waals surface area contributed by atoms with Crippen LogP contribution in [0.5, 0.6) is 0 Å². The van der Waals surface area contributed by atoms with Gasteiger partial charge in [-0.25, -0.2) is 14.8 Å². The lowest BCUT2D eigenvalue weighted by molar-refractivity contribution is 0.0697. The van der Waals surface area contributed by atoms with Crippen molar-refractivity contribution in [1.29, 1.82) is 0 Å². The van der Waals surface area contributed by atoms with E-state index in [0.29, 0.717) is 23.9 Å². The molecule has 3 aromatic rings. The Morgan fingerprint density at radius 3 is 2.62 bits per heavy atom. The number of hydrogen-bond donors (Lipinski definition) is 1. The fourth-order valence-electron chi connectivity index (χ4n) is 2.18. The number of hydrogen-bond acceptors (Lipinski definition) is 6. The molecule has 0 aliphatic heterocycles. The van der Waals surface area contributed by atoms with Crippen molar-refractivity contribution in [2.45, 2.75) is 6.54 Å². The zero-order chi connectivity index (χ0) is 16.9. The van der Waals surface area contributed by atoms with E-state index >= 15 is 0 Å². The molecule has 0 amide bonds. The Bertz CT molecular complexity index is 854. The maximum atomic E-state index is 11.1. The molecule has 0 fully saturated rings. The van der Waals surface area contributed by atoms with Gasteiger partial charge < -0.3 is 10.0 Å². The van der Waals surface area contributed by atoms with Crippen LogP contribution in [-0.2, 0) is 6.54 Å². The molecule has 0 atom stereocenters. The summed E-state index contributed by atoms with van der Waals surface area (Å²) in [6.07, 6.45) is 4.82. The summed E-state index contributed by atoms with van der Waals surface area (Å²) < 4.78 is 0. The Morgan fingerprint density at radius 1 is 1.04 bits per heavy atom. The van der Waals surface area contributed by atoms with Crippen molar-refractivity contribution in [3.05, 3.63) is 66.2 Å². The molecular formula is C17H15N5O2. The number of pyridine rings is 2. The van der Waals surface area contributed by atoms with Gasteiger partial charge in [-0.05, 0) is 30.3 Å². The van der Waals surface area contributed by atoms with Crippen molar-refractivity contribution in [2.75, 3.05) is 11.9 Å². The summed E-state index contributed by atoms with van der Waals surface area (Å²) in [6.45, 7) is 0.562. The predicted molar refractivity (Wildman–Crippen MR) is 88.6 cm³/mol. The second-order valence-corrected chi connectivity index (χ2v) is 5.15. The highest BCUT2D eigenvalue weighted by molar-refractivity contribution is 5.88. The van der Waals surface area contributed by atoms with E-state index in [1.165, 1.54) is 18.3 Å². The summed E-state index contributed by atoms with van der Waals surface area (Å²) in [5.41, 5.74) is 2.13. The maximum Gasteiger partial charge on any atom is 0.335 e. The highest BCUT2D eigenvalue weighted by Gasteiger charge is 2.10. The molecule has 3 rings (SSSR count). The van der Waals surface area contributed by atoms with Crippen LogP contribution in [0.4, 0.5) is 5.95 Å². The molecule has 7 heteroatoms. The molecule has 0 saturated heterocycles. The molecule has 7 nitrogen and oxygen atoms in total. The van der Waals surface area contributed by atoms with Crippen molar-refractivity contribution >= 4 is 11.9 Å². The molecule has 0 bridgehead atoms. The van der Waals surface area contributed by atoms with Gasteiger partial charge in [0.25, 0.3) is 0 Å². The van der Waals surface area contributed by atoms with Crippen LogP contribution >= 0.6 is 0 Å². The van der Waals surface area contributed by atoms with Gasteiger partial charge in [0.1, 0.15) is 0 Å². The van der Waals surface area contributed by atoms with Gasteiger partial charge >= 0.3 is 5.97 Å². The van der Waals surface area contributed by atoms with Crippen LogP contribution in [0.1, 0.15) is 16.1 Å². The van der Waals surface area contributed by atoms with Gasteiger partial charge in [0, 0.05) is 25.6 Å². The first-order valence-electron chi connectivity index (χ1n) is 7.27. The van der Waals surface area contributed by atoms with Crippen LogP contribution in [0.2, 0.25) is 0 Å². The maximum absolute atomic E-state index is 11.1. The number of carboxylic acids is 1. The molecular weight excluding hydrogens is 306 g/mol. The molecule has 0 radical (unpaired) electrons. The van der Waals surface area contributed by atoms with Gasteiger partial charge in [0.15, 0.2) is 0 Å². The van der Waals surface area contributed by atoms with Crippen molar-refractivity contribution in [3.63, 3.8) is 0 Å². The first-order chi connectivity index (χ1) is 11.6. The lowest BCUT2D eigenvalue weighted by Crippen LogP contribution is -2.19. The Balaban J connectivity index is 1.86. The van der Waals surface area contributed by atoms with E-state index in [-0.39, 0.29) is 5.56 Å². The summed E-state index contributed by atoms with van der Waals surface area (Å²) in [6, 6.07) is 10.4. The number of aromatic nitrogens is 4. The minimum absolute atomic E-state index is 0.169. The largest absolute Gasteiger partial charge is 0.478 e. The van der Waals surface area contributed by atoms with E-state index < -0.39 is 5.97 Å². The Kier molecular flexibility index (Phi) is 4.42. The molecule has 0 saturated carbocycles. The number of carbonyl (C=O) groups is 1. The summed E-state index contributed by atoms with van der Waals surface area (Å²) in [5, 5.41) is 9.09. The van der Waals surface area contributed by atoms with E-state index in [1.54, 1.807) is 18.5 Å². The van der Waals surface area contributed by atoms with Crippen molar-refractivity contribution in [2.24, 2.45) is 0 Å². The smallest absolute Gasteiger partial charge is 0.335 e. The Hall–Kier alpha value is -3.35. The summed E-state index contributed by atoms with van der Waals surface area (Å²) in [7, 11) is 1.87. The monoisotopic (exact) mass is 321 g/mol. The van der Waals surface area contributed by atoms with E-state index in [9.17, 15) is 4.79 Å². The normalized spacial score (nSPS) is 10.4. The number of rotatable bonds is 5. The van der Waals surface area contributed by atoms with Crippen LogP contribution < -0.4 is 4.90 Å². The fourth-order valence-corrected chi connectivity index (χ4v) is 2.18. The minimum Gasteiger partial charge on any atom is -0.478 e. The van der Waals surface area contributed by atoms with E-state index in [2.05, 4.69) is 19.9 Å². The molecule has 0 aromatic carbocycles. The van der Waals surface area contributed by atoms with Crippen LogP contribution in [0.15, 0.2) is 55.0 Å². The molecule has 3 aromatic heterocycles. The zero-order valence-corrected chi connectivity index (χ0v) is 13.0. The zero-order valence-electron chi connectivity index (χ0n) is 13.0. The van der Waals surface area contributed by atoms with Gasteiger partial charge in [-0.2, -0.15) is 0 Å². The lowest BCUT2D eigenvalue weighted by Gasteiger charge is -2.16. The first-order valence-corrected chi connectivity index (χ1v) is 7.27. The van der Waals surface area contributed by atoms with Gasteiger partial charge in [0.2, 0.25) is 5.95 Å². The van der Waals surface area contributed by atoms with Crippen molar-refractivity contribution in [1.82, 2.24) is 19.9 Å². The summed E-state index contributed by atoms with van der Waals surface area (Å²) in [4.78, 5) is 30.2. The third-order valence-electron chi connectivity index (χ3n) is 3.38. The lowest BCUT2D eigenvalue weighted by atomic mass is 10.2. The Morgan fingerprint density at radius 2 is 1.88 bits per heavy atom. The number of aromatic carboxylic acids is 1. The van der Waals surface area contributed by atoms with Crippen molar-refractivity contribution < 1.29 is 9.90 Å². The van der Waals surface area contributed by atoms with Gasteiger partial charge in [-0.15, -0.1) is 0 Å². The second-order valence-electron chi connectivity index (χ2n) is 5.15. The highest BCUT2D eigenvalue weighted by atomic mass is 16.4. The van der Waals surface area contributed by atoms with Crippen LogP contribution in [-0.4, -0.2) is 38.1 Å². The van der Waals surface area contributed by atoms with E-state index in [4.69, 9.17) is 5.11 Å². The van der Waals surface area contributed by atoms with Gasteiger partial charge in [-0.3, -0.25) is 9.97 Å². The van der Waals surface area contributed by atoms with Crippen molar-refractivity contribution in [3.8, 4) is 11.4 Å². The van der Waals surface area contributed by atoms with E-state index in [0.717, 1.165) is 5.69 Å². The summed E-state index contributed by atoms with van der Waals surface area (Å²) in [5.74, 6) is -0.485. The molecule has 0 spiro atoms. The quantitative estimate of drug-likeness (QED) is 0.770. The predicted octanol–water partition coefficient (Wildman–Crippen LogP) is 2.27. The minimum atomic E-state index is -1.000. The average molecular weight is 321 g/mol. The molecule has 0 unspecified atom stereocenters. The number of carboxylic acid groups (broad SMARTS) is 1. The number of nitrogens with zero attached hydrogens (tertiary/aromatic N) is 5. The average Bonchev–Trinajstić information content (AvgIpc) is 2.63. The molecule has 3 heterocycles. The molecule has 1 N–H and O–H groups in total. The highest BCUT2D eigenvalue weighted by Crippen LogP contribution is 2.18. The van der Waals surface area contributed by atoms with Crippen LogP contribution in [0.25, 0.3) is 11.4 Å². The number of anilines is 1. The molecule has 120 valence electrons. The second kappa shape index (κ2) is 6.82. The molecule has 0 aliphatic rings. The van der Waals surface area contributed by atoms with Crippen LogP contribution in [0, 0.1) is 0 Å². The molecule has 0 aliphatic carbocycles. The van der Waals surface area contributed by atoms with Gasteiger partial charge in [0.05, 0.1) is 29.2 Å². The fraction of sp³-hybridized carbons (Fsp3) is 0.118. The van der Waals surface area contributed by atoms with E-state index in [1.807, 2.05) is 30.1 Å². The van der Waals surface area contributed by atoms with Gasteiger partial charge in [-0.1, -0.05) is 6.07 Å². The third-order valence-corrected chi connectivity index (χ3v) is 3.38. The summed E-state index contributed by atoms with van der Waals surface area (Å²) >= 11 is 0. The van der Waals surface area contributed by atoms with Crippen LogP contribution in [0.3, 0.4) is 0 Å². The Labute approximate surface area is 138 Å². The third kappa shape index (κ3) is 3.52. The SMILES string of the molecule is CN(Cc1ccccn1)c1nccc(-c2cc(C(=O)O)ccn2)n1. The standard InChI is InChI=1S/C17H15N5O2/c1-22(11-13-4-2-3-7-18-13)17-20-9-6-14(21-17)15-10-12(16(23)24)5-8-19-15/h2-10H,11H2,1H3,(H,23,24). The molecule has 24 heavy (non-hydrogen) atoms.